The Kier molecular flexibility index (Phi) is 4.97. The number of aryl methyl sites for hydroxylation is 1. The van der Waals surface area contributed by atoms with Gasteiger partial charge in [0.05, 0.1) is 0 Å². The Labute approximate surface area is 116 Å². The topological polar surface area (TPSA) is 85.2 Å². The van der Waals surface area contributed by atoms with Gasteiger partial charge in [-0.3, -0.25) is 20.3 Å². The first-order valence-corrected chi connectivity index (χ1v) is 5.74. The normalized spacial score (nSPS) is 9.11. The van der Waals surface area contributed by atoms with Gasteiger partial charge in [-0.05, 0) is 31.3 Å². The summed E-state index contributed by atoms with van der Waals surface area (Å²) < 4.78 is 0. The molecule has 0 bridgehead atoms. The third-order valence-electron chi connectivity index (χ3n) is 2.17. The van der Waals surface area contributed by atoms with Crippen LogP contribution >= 0.6 is 12.2 Å². The zero-order chi connectivity index (χ0) is 14.4. The van der Waals surface area contributed by atoms with Gasteiger partial charge in [0.15, 0.2) is 5.11 Å². The molecule has 0 aromatic heterocycles. The van der Waals surface area contributed by atoms with E-state index in [-0.39, 0.29) is 5.11 Å². The van der Waals surface area contributed by atoms with Gasteiger partial charge in [0.1, 0.15) is 0 Å². The van der Waals surface area contributed by atoms with Crippen LogP contribution in [-0.4, -0.2) is 21.9 Å². The second kappa shape index (κ2) is 6.47. The Morgan fingerprint density at radius 2 is 1.89 bits per heavy atom. The van der Waals surface area contributed by atoms with Crippen LogP contribution in [-0.2, 0) is 4.79 Å². The van der Waals surface area contributed by atoms with Gasteiger partial charge >= 0.3 is 0 Å². The number of rotatable bonds is 1. The molecule has 7 heteroatoms. The van der Waals surface area contributed by atoms with Gasteiger partial charge in [-0.2, -0.15) is 10.3 Å². The molecule has 0 aliphatic carbocycles. The van der Waals surface area contributed by atoms with Crippen LogP contribution in [0.1, 0.15) is 22.8 Å². The highest BCUT2D eigenvalue weighted by molar-refractivity contribution is 7.80. The number of amides is 2. The van der Waals surface area contributed by atoms with Crippen molar-refractivity contribution in [3.05, 3.63) is 35.4 Å². The van der Waals surface area contributed by atoms with Gasteiger partial charge in [0.2, 0.25) is 6.19 Å². The number of hydrazine groups is 1. The van der Waals surface area contributed by atoms with E-state index in [2.05, 4.69) is 10.7 Å². The summed E-state index contributed by atoms with van der Waals surface area (Å²) in [7, 11) is 0. The molecule has 0 fully saturated rings. The molecule has 98 valence electrons. The quantitative estimate of drug-likeness (QED) is 0.344. The number of carbonyl (C=O) groups is 2. The SMILES string of the molecule is CC(=O)N(C#N)NC(=S)NC(=O)c1ccc(C)cc1. The van der Waals surface area contributed by atoms with Crippen LogP contribution in [0.2, 0.25) is 0 Å². The van der Waals surface area contributed by atoms with Crippen LogP contribution in [0.15, 0.2) is 24.3 Å². The molecule has 2 amide bonds. The van der Waals surface area contributed by atoms with Gasteiger partial charge < -0.3 is 0 Å². The van der Waals surface area contributed by atoms with Gasteiger partial charge in [0.25, 0.3) is 11.8 Å². The zero-order valence-electron chi connectivity index (χ0n) is 10.4. The lowest BCUT2D eigenvalue weighted by Crippen LogP contribution is -2.48. The largest absolute Gasteiger partial charge is 0.298 e. The average Bonchev–Trinajstić information content (AvgIpc) is 2.36. The van der Waals surface area contributed by atoms with Crippen molar-refractivity contribution < 1.29 is 9.59 Å². The fraction of sp³-hybridized carbons (Fsp3) is 0.167. The van der Waals surface area contributed by atoms with Crippen molar-refractivity contribution in [3.63, 3.8) is 0 Å². The lowest BCUT2D eigenvalue weighted by molar-refractivity contribution is -0.127. The zero-order valence-corrected chi connectivity index (χ0v) is 11.2. The second-order valence-electron chi connectivity index (χ2n) is 3.72. The van der Waals surface area contributed by atoms with E-state index in [1.807, 2.05) is 6.92 Å². The van der Waals surface area contributed by atoms with Crippen LogP contribution in [0, 0.1) is 18.4 Å². The van der Waals surface area contributed by atoms with E-state index < -0.39 is 11.8 Å². The van der Waals surface area contributed by atoms with Crippen LogP contribution in [0.5, 0.6) is 0 Å². The Morgan fingerprint density at radius 3 is 2.37 bits per heavy atom. The highest BCUT2D eigenvalue weighted by Gasteiger charge is 2.12. The van der Waals surface area contributed by atoms with Crippen molar-refractivity contribution in [3.8, 4) is 6.19 Å². The third kappa shape index (κ3) is 4.37. The summed E-state index contributed by atoms with van der Waals surface area (Å²) in [6.45, 7) is 3.10. The molecular formula is C12H12N4O2S. The summed E-state index contributed by atoms with van der Waals surface area (Å²) in [6.07, 6.45) is 1.59. The van der Waals surface area contributed by atoms with Crippen molar-refractivity contribution in [1.82, 2.24) is 15.8 Å². The van der Waals surface area contributed by atoms with E-state index in [9.17, 15) is 9.59 Å². The van der Waals surface area contributed by atoms with Gasteiger partial charge in [0, 0.05) is 12.5 Å². The summed E-state index contributed by atoms with van der Waals surface area (Å²) in [5.41, 5.74) is 3.76. The predicted molar refractivity (Wildman–Crippen MR) is 72.5 cm³/mol. The average molecular weight is 276 g/mol. The molecule has 0 spiro atoms. The van der Waals surface area contributed by atoms with Crippen LogP contribution in [0.25, 0.3) is 0 Å². The summed E-state index contributed by atoms with van der Waals surface area (Å²) >= 11 is 4.83. The number of nitrogens with zero attached hydrogens (tertiary/aromatic N) is 2. The van der Waals surface area contributed by atoms with E-state index in [1.165, 1.54) is 6.92 Å². The molecule has 0 aliphatic heterocycles. The number of carbonyl (C=O) groups excluding carboxylic acids is 2. The van der Waals surface area contributed by atoms with E-state index in [0.717, 1.165) is 5.56 Å². The van der Waals surface area contributed by atoms with E-state index in [4.69, 9.17) is 17.5 Å². The van der Waals surface area contributed by atoms with Crippen molar-refractivity contribution in [2.45, 2.75) is 13.8 Å². The minimum atomic E-state index is -0.533. The molecule has 1 aromatic carbocycles. The number of nitrogens with one attached hydrogen (secondary N) is 2. The first-order chi connectivity index (χ1) is 8.93. The molecule has 0 unspecified atom stereocenters. The first-order valence-electron chi connectivity index (χ1n) is 5.33. The minimum Gasteiger partial charge on any atom is -0.298 e. The molecule has 0 aliphatic rings. The molecule has 0 heterocycles. The lowest BCUT2D eigenvalue weighted by Gasteiger charge is -2.15. The van der Waals surface area contributed by atoms with Crippen LogP contribution in [0.3, 0.4) is 0 Å². The smallest absolute Gasteiger partial charge is 0.257 e. The van der Waals surface area contributed by atoms with Gasteiger partial charge in [-0.1, -0.05) is 17.7 Å². The molecule has 0 radical (unpaired) electrons. The van der Waals surface area contributed by atoms with E-state index in [1.54, 1.807) is 30.5 Å². The second-order valence-corrected chi connectivity index (χ2v) is 4.12. The van der Waals surface area contributed by atoms with Crippen LogP contribution < -0.4 is 10.7 Å². The fourth-order valence-corrected chi connectivity index (χ4v) is 1.37. The molecule has 2 N–H and O–H groups in total. The highest BCUT2D eigenvalue weighted by atomic mass is 32.1. The van der Waals surface area contributed by atoms with Crippen molar-refractivity contribution in [2.75, 3.05) is 0 Å². The fourth-order valence-electron chi connectivity index (χ4n) is 1.18. The Balaban J connectivity index is 2.62. The van der Waals surface area contributed by atoms with Gasteiger partial charge in [-0.15, -0.1) is 0 Å². The number of hydrogen-bond donors (Lipinski definition) is 2. The number of benzene rings is 1. The number of hydrogen-bond acceptors (Lipinski definition) is 4. The monoisotopic (exact) mass is 276 g/mol. The highest BCUT2D eigenvalue weighted by Crippen LogP contribution is 2.02. The minimum absolute atomic E-state index is 0.123. The van der Waals surface area contributed by atoms with Crippen molar-refractivity contribution in [1.29, 1.82) is 5.26 Å². The summed E-state index contributed by atoms with van der Waals surface area (Å²) in [5, 5.41) is 11.5. The first kappa shape index (κ1) is 14.6. The predicted octanol–water partition coefficient (Wildman–Crippen LogP) is 0.844. The van der Waals surface area contributed by atoms with Gasteiger partial charge in [-0.25, -0.2) is 0 Å². The number of thiocarbonyl (C=S) groups is 1. The molecular weight excluding hydrogens is 264 g/mol. The summed E-state index contributed by atoms with van der Waals surface area (Å²) in [4.78, 5) is 22.8. The van der Waals surface area contributed by atoms with E-state index >= 15 is 0 Å². The maximum Gasteiger partial charge on any atom is 0.257 e. The standard InChI is InChI=1S/C12H12N4O2S/c1-8-3-5-10(6-4-8)11(18)14-12(19)15-16(7-13)9(2)17/h3-6H,1-2H3,(H2,14,15,18,19). The van der Waals surface area contributed by atoms with Crippen molar-refractivity contribution in [2.24, 2.45) is 0 Å². The molecule has 0 atom stereocenters. The lowest BCUT2D eigenvalue weighted by atomic mass is 10.1. The van der Waals surface area contributed by atoms with E-state index in [0.29, 0.717) is 10.6 Å². The molecule has 0 saturated carbocycles. The third-order valence-corrected chi connectivity index (χ3v) is 2.36. The molecule has 19 heavy (non-hydrogen) atoms. The van der Waals surface area contributed by atoms with Crippen LogP contribution in [0.4, 0.5) is 0 Å². The number of nitriles is 1. The Bertz CT molecular complexity index is 548. The Hall–Kier alpha value is -2.46. The summed E-state index contributed by atoms with van der Waals surface area (Å²) in [6, 6.07) is 6.89. The molecule has 1 aromatic rings. The Morgan fingerprint density at radius 1 is 1.32 bits per heavy atom. The molecule has 6 nitrogen and oxygen atoms in total. The maximum absolute atomic E-state index is 11.8. The maximum atomic E-state index is 11.8. The van der Waals surface area contributed by atoms with Crippen molar-refractivity contribution >= 4 is 29.1 Å². The molecule has 1 rings (SSSR count). The summed E-state index contributed by atoms with van der Waals surface area (Å²) in [5.74, 6) is -0.951. The molecule has 0 saturated heterocycles.